The summed E-state index contributed by atoms with van der Waals surface area (Å²) in [5, 5.41) is 5.92. The van der Waals surface area contributed by atoms with Crippen molar-refractivity contribution in [3.8, 4) is 5.75 Å². The van der Waals surface area contributed by atoms with E-state index in [9.17, 15) is 9.59 Å². The summed E-state index contributed by atoms with van der Waals surface area (Å²) in [6.07, 6.45) is 4.32. The average molecular weight is 424 g/mol. The third-order valence-corrected chi connectivity index (χ3v) is 5.81. The summed E-state index contributed by atoms with van der Waals surface area (Å²) in [4.78, 5) is 27.9. The van der Waals surface area contributed by atoms with E-state index in [0.717, 1.165) is 51.1 Å². The molecule has 2 aromatic carbocycles. The minimum absolute atomic E-state index is 0.0807. The molecule has 2 aromatic rings. The number of nitrogens with zero attached hydrogens (tertiary/aromatic N) is 1. The summed E-state index contributed by atoms with van der Waals surface area (Å²) in [5.74, 6) is 0.317. The molecule has 4 rings (SSSR count). The Bertz CT molecular complexity index is 917. The molecule has 0 radical (unpaired) electrons. The number of hydrogen-bond donors (Lipinski definition) is 2. The van der Waals surface area contributed by atoms with Crippen LogP contribution in [-0.4, -0.2) is 51.3 Å². The van der Waals surface area contributed by atoms with Gasteiger partial charge in [0.15, 0.2) is 0 Å². The zero-order valence-electron chi connectivity index (χ0n) is 17.9. The van der Waals surface area contributed by atoms with Gasteiger partial charge in [0.05, 0.1) is 18.8 Å². The Morgan fingerprint density at radius 2 is 1.84 bits per heavy atom. The predicted octanol–water partition coefficient (Wildman–Crippen LogP) is 3.46. The van der Waals surface area contributed by atoms with Gasteiger partial charge in [-0.15, -0.1) is 0 Å². The zero-order valence-corrected chi connectivity index (χ0v) is 17.9. The maximum Gasteiger partial charge on any atom is 0.255 e. The van der Waals surface area contributed by atoms with Gasteiger partial charge in [0.1, 0.15) is 5.75 Å². The van der Waals surface area contributed by atoms with E-state index >= 15 is 0 Å². The first-order valence-corrected chi connectivity index (χ1v) is 10.9. The summed E-state index contributed by atoms with van der Waals surface area (Å²) in [5.41, 5.74) is 2.59. The molecule has 2 N–H and O–H groups in total. The van der Waals surface area contributed by atoms with Crippen molar-refractivity contribution in [2.24, 2.45) is 0 Å². The summed E-state index contributed by atoms with van der Waals surface area (Å²) in [6.45, 7) is 3.13. The minimum atomic E-state index is -0.234. The van der Waals surface area contributed by atoms with Gasteiger partial charge >= 0.3 is 0 Å². The lowest BCUT2D eigenvalue weighted by Gasteiger charge is -2.22. The Labute approximate surface area is 182 Å². The van der Waals surface area contributed by atoms with Crippen LogP contribution in [-0.2, 0) is 4.74 Å². The van der Waals surface area contributed by atoms with Gasteiger partial charge in [-0.05, 0) is 68.1 Å². The fourth-order valence-corrected chi connectivity index (χ4v) is 4.08. The Morgan fingerprint density at radius 3 is 2.52 bits per heavy atom. The van der Waals surface area contributed by atoms with Crippen LogP contribution in [0.15, 0.2) is 42.5 Å². The topological polar surface area (TPSA) is 79.9 Å². The molecule has 0 unspecified atom stereocenters. The molecule has 2 aliphatic heterocycles. The van der Waals surface area contributed by atoms with Gasteiger partial charge in [0.2, 0.25) is 0 Å². The number of benzene rings is 2. The maximum absolute atomic E-state index is 13.0. The SMILES string of the molecule is COc1ccc(C(=O)Nc2ccc(N3CCCC3)c(C(=O)NC[C@@H]3CCCO3)c2)cc1. The van der Waals surface area contributed by atoms with Crippen molar-refractivity contribution in [2.45, 2.75) is 31.8 Å². The van der Waals surface area contributed by atoms with Gasteiger partial charge in [-0.25, -0.2) is 0 Å². The van der Waals surface area contributed by atoms with Gasteiger partial charge in [-0.1, -0.05) is 0 Å². The number of amides is 2. The molecule has 2 saturated heterocycles. The largest absolute Gasteiger partial charge is 0.497 e. The monoisotopic (exact) mass is 423 g/mol. The number of carbonyl (C=O) groups excluding carboxylic acids is 2. The van der Waals surface area contributed by atoms with Crippen LogP contribution < -0.4 is 20.3 Å². The van der Waals surface area contributed by atoms with E-state index in [4.69, 9.17) is 9.47 Å². The molecular weight excluding hydrogens is 394 g/mol. The first kappa shape index (κ1) is 21.2. The van der Waals surface area contributed by atoms with Crippen LogP contribution in [0.5, 0.6) is 5.75 Å². The maximum atomic E-state index is 13.0. The standard InChI is InChI=1S/C24H29N3O4/c1-30-19-9-6-17(7-10-19)23(28)26-18-8-11-22(27-12-2-3-13-27)21(15-18)24(29)25-16-20-5-4-14-31-20/h6-11,15,20H,2-5,12-14,16H2,1H3,(H,25,29)(H,26,28)/t20-/m0/s1. The van der Waals surface area contributed by atoms with Gasteiger partial charge in [-0.3, -0.25) is 9.59 Å². The molecule has 2 aliphatic rings. The molecule has 0 aliphatic carbocycles. The Kier molecular flexibility index (Phi) is 6.72. The molecule has 2 fully saturated rings. The van der Waals surface area contributed by atoms with Crippen LogP contribution in [0.25, 0.3) is 0 Å². The fraction of sp³-hybridized carbons (Fsp3) is 0.417. The Balaban J connectivity index is 1.51. The molecule has 7 heteroatoms. The molecule has 31 heavy (non-hydrogen) atoms. The van der Waals surface area contributed by atoms with Crippen LogP contribution >= 0.6 is 0 Å². The highest BCUT2D eigenvalue weighted by molar-refractivity contribution is 6.06. The average Bonchev–Trinajstić information content (AvgIpc) is 3.52. The molecule has 0 bridgehead atoms. The first-order valence-electron chi connectivity index (χ1n) is 10.9. The first-order chi connectivity index (χ1) is 15.1. The van der Waals surface area contributed by atoms with Crippen LogP contribution in [0.4, 0.5) is 11.4 Å². The van der Waals surface area contributed by atoms with Crippen LogP contribution in [0.1, 0.15) is 46.4 Å². The van der Waals surface area contributed by atoms with Gasteiger partial charge < -0.3 is 25.0 Å². The molecule has 2 heterocycles. The number of anilines is 2. The quantitative estimate of drug-likeness (QED) is 0.713. The second kappa shape index (κ2) is 9.83. The second-order valence-electron chi connectivity index (χ2n) is 7.95. The minimum Gasteiger partial charge on any atom is -0.497 e. The lowest BCUT2D eigenvalue weighted by Crippen LogP contribution is -2.33. The summed E-state index contributed by atoms with van der Waals surface area (Å²) < 4.78 is 10.8. The van der Waals surface area contributed by atoms with Crippen molar-refractivity contribution in [2.75, 3.05) is 43.6 Å². The van der Waals surface area contributed by atoms with Crippen molar-refractivity contribution in [1.29, 1.82) is 0 Å². The molecule has 0 spiro atoms. The lowest BCUT2D eigenvalue weighted by atomic mass is 10.1. The fourth-order valence-electron chi connectivity index (χ4n) is 4.08. The molecular formula is C24H29N3O4. The molecule has 0 aromatic heterocycles. The highest BCUT2D eigenvalue weighted by Crippen LogP contribution is 2.28. The predicted molar refractivity (Wildman–Crippen MR) is 120 cm³/mol. The van der Waals surface area contributed by atoms with Crippen LogP contribution in [0.2, 0.25) is 0 Å². The highest BCUT2D eigenvalue weighted by atomic mass is 16.5. The lowest BCUT2D eigenvalue weighted by molar-refractivity contribution is 0.0858. The van der Waals surface area contributed by atoms with Crippen LogP contribution in [0.3, 0.4) is 0 Å². The third kappa shape index (κ3) is 5.17. The van der Waals surface area contributed by atoms with E-state index in [-0.39, 0.29) is 17.9 Å². The zero-order chi connectivity index (χ0) is 21.6. The Hall–Kier alpha value is -3.06. The van der Waals surface area contributed by atoms with Crippen molar-refractivity contribution in [1.82, 2.24) is 5.32 Å². The number of methoxy groups -OCH3 is 1. The number of hydrogen-bond acceptors (Lipinski definition) is 5. The van der Waals surface area contributed by atoms with Crippen molar-refractivity contribution in [3.05, 3.63) is 53.6 Å². The smallest absolute Gasteiger partial charge is 0.255 e. The van der Waals surface area contributed by atoms with Gasteiger partial charge in [-0.2, -0.15) is 0 Å². The second-order valence-corrected chi connectivity index (χ2v) is 7.95. The summed E-state index contributed by atoms with van der Waals surface area (Å²) >= 11 is 0. The summed E-state index contributed by atoms with van der Waals surface area (Å²) in [7, 11) is 1.59. The van der Waals surface area contributed by atoms with E-state index in [1.54, 1.807) is 37.4 Å². The van der Waals surface area contributed by atoms with Crippen molar-refractivity contribution < 1.29 is 19.1 Å². The van der Waals surface area contributed by atoms with E-state index in [1.807, 2.05) is 12.1 Å². The molecule has 164 valence electrons. The molecule has 0 saturated carbocycles. The van der Waals surface area contributed by atoms with E-state index in [2.05, 4.69) is 15.5 Å². The normalized spacial score (nSPS) is 18.1. The number of carbonyl (C=O) groups is 2. The number of nitrogens with one attached hydrogen (secondary N) is 2. The van der Waals surface area contributed by atoms with Gasteiger partial charge in [0.25, 0.3) is 11.8 Å². The van der Waals surface area contributed by atoms with E-state index < -0.39 is 0 Å². The number of rotatable bonds is 7. The van der Waals surface area contributed by atoms with Crippen LogP contribution in [0, 0.1) is 0 Å². The number of ether oxygens (including phenoxy) is 2. The van der Waals surface area contributed by atoms with Gasteiger partial charge in [0, 0.05) is 43.2 Å². The van der Waals surface area contributed by atoms with Crippen molar-refractivity contribution in [3.63, 3.8) is 0 Å². The summed E-state index contributed by atoms with van der Waals surface area (Å²) in [6, 6.07) is 12.5. The van der Waals surface area contributed by atoms with E-state index in [0.29, 0.717) is 29.1 Å². The van der Waals surface area contributed by atoms with E-state index in [1.165, 1.54) is 0 Å². The third-order valence-electron chi connectivity index (χ3n) is 5.81. The highest BCUT2D eigenvalue weighted by Gasteiger charge is 2.22. The molecule has 1 atom stereocenters. The molecule has 2 amide bonds. The van der Waals surface area contributed by atoms with Crippen molar-refractivity contribution >= 4 is 23.2 Å². The Morgan fingerprint density at radius 1 is 1.06 bits per heavy atom. The molecule has 7 nitrogen and oxygen atoms in total.